The number of aliphatic hydroxyl groups is 1. The van der Waals surface area contributed by atoms with Gasteiger partial charge < -0.3 is 15.2 Å². The van der Waals surface area contributed by atoms with Gasteiger partial charge in [-0.15, -0.1) is 0 Å². The van der Waals surface area contributed by atoms with Crippen LogP contribution in [0.4, 0.5) is 5.69 Å². The predicted molar refractivity (Wildman–Crippen MR) is 70.2 cm³/mol. The van der Waals surface area contributed by atoms with Gasteiger partial charge in [-0.05, 0) is 25.0 Å². The molecule has 1 amide bonds. The van der Waals surface area contributed by atoms with Crippen molar-refractivity contribution in [3.8, 4) is 5.75 Å². The molecule has 0 heterocycles. The van der Waals surface area contributed by atoms with Crippen molar-refractivity contribution in [3.05, 3.63) is 22.7 Å². The highest BCUT2D eigenvalue weighted by Gasteiger charge is 2.41. The summed E-state index contributed by atoms with van der Waals surface area (Å²) in [6, 6.07) is 3.42. The molecule has 1 aliphatic carbocycles. The van der Waals surface area contributed by atoms with Crippen LogP contribution in [0, 0.1) is 0 Å². The van der Waals surface area contributed by atoms with Gasteiger partial charge in [0.25, 0.3) is 0 Å². The van der Waals surface area contributed by atoms with Crippen molar-refractivity contribution in [2.24, 2.45) is 0 Å². The van der Waals surface area contributed by atoms with Crippen LogP contribution in [0.3, 0.4) is 0 Å². The Morgan fingerprint density at radius 3 is 2.72 bits per heavy atom. The fraction of sp³-hybridized carbons (Fsp3) is 0.462. The third kappa shape index (κ3) is 2.76. The van der Waals surface area contributed by atoms with E-state index in [-0.39, 0.29) is 5.91 Å². The number of methoxy groups -OCH3 is 1. The number of benzene rings is 1. The topological polar surface area (TPSA) is 58.6 Å². The Balaban J connectivity index is 2.42. The fourth-order valence-electron chi connectivity index (χ4n) is 1.91. The van der Waals surface area contributed by atoms with Crippen LogP contribution in [0.5, 0.6) is 5.75 Å². The molecule has 1 aromatic rings. The van der Waals surface area contributed by atoms with Crippen LogP contribution in [0.2, 0.25) is 5.02 Å². The summed E-state index contributed by atoms with van der Waals surface area (Å²) < 4.78 is 5.22. The predicted octanol–water partition coefficient (Wildman–Crippen LogP) is 2.37. The first-order chi connectivity index (χ1) is 8.45. The Kier molecular flexibility index (Phi) is 3.50. The first kappa shape index (κ1) is 13.2. The second-order valence-corrected chi connectivity index (χ2v) is 5.09. The van der Waals surface area contributed by atoms with E-state index in [1.165, 1.54) is 14.0 Å². The molecule has 18 heavy (non-hydrogen) atoms. The molecule has 2 rings (SSSR count). The molecule has 1 saturated carbocycles. The van der Waals surface area contributed by atoms with Crippen LogP contribution in [0.1, 0.15) is 25.3 Å². The lowest BCUT2D eigenvalue weighted by molar-refractivity contribution is -0.114. The monoisotopic (exact) mass is 269 g/mol. The standard InChI is InChI=1S/C13H16ClNO3/c1-8(16)15-12-9(7-13(17)5-6-13)10(14)3-4-11(12)18-2/h3-4,17H,5-7H2,1-2H3,(H,15,16). The molecule has 0 radical (unpaired) electrons. The summed E-state index contributed by atoms with van der Waals surface area (Å²) in [6.07, 6.45) is 1.96. The normalized spacial score (nSPS) is 16.2. The number of halogens is 1. The van der Waals surface area contributed by atoms with Gasteiger partial charge >= 0.3 is 0 Å². The Morgan fingerprint density at radius 1 is 1.56 bits per heavy atom. The maximum atomic E-state index is 11.3. The van der Waals surface area contributed by atoms with Crippen LogP contribution in [0.25, 0.3) is 0 Å². The van der Waals surface area contributed by atoms with Crippen molar-refractivity contribution < 1.29 is 14.6 Å². The number of ether oxygens (including phenoxy) is 1. The first-order valence-corrected chi connectivity index (χ1v) is 6.18. The molecule has 2 N–H and O–H groups in total. The van der Waals surface area contributed by atoms with Gasteiger partial charge in [0, 0.05) is 23.9 Å². The number of nitrogens with one attached hydrogen (secondary N) is 1. The van der Waals surface area contributed by atoms with E-state index in [9.17, 15) is 9.90 Å². The number of carbonyl (C=O) groups is 1. The van der Waals surface area contributed by atoms with Gasteiger partial charge in [0.05, 0.1) is 18.4 Å². The highest BCUT2D eigenvalue weighted by molar-refractivity contribution is 6.32. The van der Waals surface area contributed by atoms with Crippen LogP contribution in [-0.2, 0) is 11.2 Å². The lowest BCUT2D eigenvalue weighted by Gasteiger charge is -2.17. The minimum atomic E-state index is -0.677. The average molecular weight is 270 g/mol. The first-order valence-electron chi connectivity index (χ1n) is 5.80. The fourth-order valence-corrected chi connectivity index (χ4v) is 2.13. The molecule has 0 bridgehead atoms. The molecule has 0 saturated heterocycles. The minimum Gasteiger partial charge on any atom is -0.495 e. The van der Waals surface area contributed by atoms with Gasteiger partial charge in [-0.25, -0.2) is 0 Å². The van der Waals surface area contributed by atoms with Crippen molar-refractivity contribution in [1.29, 1.82) is 0 Å². The lowest BCUT2D eigenvalue weighted by atomic mass is 10.0. The van der Waals surface area contributed by atoms with Gasteiger partial charge in [-0.3, -0.25) is 4.79 Å². The van der Waals surface area contributed by atoms with E-state index in [0.717, 1.165) is 18.4 Å². The van der Waals surface area contributed by atoms with E-state index >= 15 is 0 Å². The number of rotatable bonds is 4. The molecule has 1 aliphatic rings. The Hall–Kier alpha value is -1.26. The summed E-state index contributed by atoms with van der Waals surface area (Å²) in [5.74, 6) is 0.355. The van der Waals surface area contributed by atoms with Gasteiger partial charge in [-0.1, -0.05) is 11.6 Å². The Bertz CT molecular complexity index is 483. The smallest absolute Gasteiger partial charge is 0.221 e. The van der Waals surface area contributed by atoms with Crippen molar-refractivity contribution in [2.45, 2.75) is 31.8 Å². The van der Waals surface area contributed by atoms with E-state index in [2.05, 4.69) is 5.32 Å². The number of hydrogen-bond donors (Lipinski definition) is 2. The van der Waals surface area contributed by atoms with Crippen LogP contribution < -0.4 is 10.1 Å². The molecule has 0 spiro atoms. The van der Waals surface area contributed by atoms with E-state index < -0.39 is 5.60 Å². The minimum absolute atomic E-state index is 0.195. The number of carbonyl (C=O) groups excluding carboxylic acids is 1. The van der Waals surface area contributed by atoms with Crippen LogP contribution >= 0.6 is 11.6 Å². The average Bonchev–Trinajstić information content (AvgIpc) is 3.02. The SMILES string of the molecule is COc1ccc(Cl)c(CC2(O)CC2)c1NC(C)=O. The molecular weight excluding hydrogens is 254 g/mol. The summed E-state index contributed by atoms with van der Waals surface area (Å²) >= 11 is 6.16. The van der Waals surface area contributed by atoms with Gasteiger partial charge in [0.1, 0.15) is 5.75 Å². The van der Waals surface area contributed by atoms with E-state index in [1.807, 2.05) is 0 Å². The van der Waals surface area contributed by atoms with Gasteiger partial charge in [0.2, 0.25) is 5.91 Å². The highest BCUT2D eigenvalue weighted by Crippen LogP contribution is 2.43. The zero-order chi connectivity index (χ0) is 13.3. The largest absolute Gasteiger partial charge is 0.495 e. The van der Waals surface area contributed by atoms with Crippen LogP contribution in [0.15, 0.2) is 12.1 Å². The third-order valence-corrected chi connectivity index (χ3v) is 3.43. The van der Waals surface area contributed by atoms with Gasteiger partial charge in [0.15, 0.2) is 0 Å². The Morgan fingerprint density at radius 2 is 2.22 bits per heavy atom. The molecule has 0 aromatic heterocycles. The highest BCUT2D eigenvalue weighted by atomic mass is 35.5. The molecule has 4 nitrogen and oxygen atoms in total. The maximum absolute atomic E-state index is 11.3. The van der Waals surface area contributed by atoms with Crippen molar-refractivity contribution in [2.75, 3.05) is 12.4 Å². The third-order valence-electron chi connectivity index (χ3n) is 3.07. The molecule has 1 aromatic carbocycles. The summed E-state index contributed by atoms with van der Waals surface area (Å²) in [7, 11) is 1.53. The van der Waals surface area contributed by atoms with E-state index in [1.54, 1.807) is 12.1 Å². The zero-order valence-corrected chi connectivity index (χ0v) is 11.2. The molecular formula is C13H16ClNO3. The van der Waals surface area contributed by atoms with Gasteiger partial charge in [-0.2, -0.15) is 0 Å². The van der Waals surface area contributed by atoms with Crippen molar-refractivity contribution >= 4 is 23.2 Å². The second kappa shape index (κ2) is 4.78. The van der Waals surface area contributed by atoms with E-state index in [4.69, 9.17) is 16.3 Å². The summed E-state index contributed by atoms with van der Waals surface area (Å²) in [5, 5.41) is 13.3. The Labute approximate surface area is 111 Å². The number of anilines is 1. The molecule has 1 fully saturated rings. The zero-order valence-electron chi connectivity index (χ0n) is 10.4. The molecule has 0 unspecified atom stereocenters. The number of hydrogen-bond acceptors (Lipinski definition) is 3. The molecule has 0 aliphatic heterocycles. The van der Waals surface area contributed by atoms with Crippen LogP contribution in [-0.4, -0.2) is 23.7 Å². The molecule has 5 heteroatoms. The van der Waals surface area contributed by atoms with Crippen molar-refractivity contribution in [3.63, 3.8) is 0 Å². The lowest BCUT2D eigenvalue weighted by Crippen LogP contribution is -2.16. The maximum Gasteiger partial charge on any atom is 0.221 e. The summed E-state index contributed by atoms with van der Waals surface area (Å²) in [6.45, 7) is 1.43. The second-order valence-electron chi connectivity index (χ2n) is 4.69. The summed E-state index contributed by atoms with van der Waals surface area (Å²) in [4.78, 5) is 11.3. The molecule has 0 atom stereocenters. The molecule has 98 valence electrons. The number of amides is 1. The quantitative estimate of drug-likeness (QED) is 0.882. The van der Waals surface area contributed by atoms with Crippen molar-refractivity contribution in [1.82, 2.24) is 0 Å². The van der Waals surface area contributed by atoms with E-state index in [0.29, 0.717) is 22.9 Å². The summed E-state index contributed by atoms with van der Waals surface area (Å²) in [5.41, 5.74) is 0.604.